The second-order valence-electron chi connectivity index (χ2n) is 3.19. The molecular formula is C12H18N+. The van der Waals surface area contributed by atoms with E-state index in [2.05, 4.69) is 48.2 Å². The van der Waals surface area contributed by atoms with Crippen LogP contribution < -0.4 is 4.57 Å². The molecule has 0 saturated carbocycles. The van der Waals surface area contributed by atoms with E-state index in [1.54, 1.807) is 0 Å². The third-order valence-corrected chi connectivity index (χ3v) is 1.98. The third-order valence-electron chi connectivity index (χ3n) is 1.98. The van der Waals surface area contributed by atoms with Crippen molar-refractivity contribution in [2.45, 2.75) is 32.7 Å². The molecule has 0 aliphatic rings. The Labute approximate surface area is 80.7 Å². The highest BCUT2D eigenvalue weighted by atomic mass is 14.9. The first kappa shape index (κ1) is 9.97. The molecule has 0 saturated heterocycles. The normalized spacial score (nSPS) is 10.8. The first-order valence-corrected chi connectivity index (χ1v) is 5.02. The van der Waals surface area contributed by atoms with Gasteiger partial charge in [0.15, 0.2) is 18.9 Å². The summed E-state index contributed by atoms with van der Waals surface area (Å²) in [6.45, 7) is 3.21. The minimum atomic E-state index is 0.991. The minimum Gasteiger partial charge on any atom is -0.201 e. The van der Waals surface area contributed by atoms with Gasteiger partial charge < -0.3 is 0 Å². The summed E-state index contributed by atoms with van der Waals surface area (Å²) in [5, 5.41) is 0. The Bertz CT molecular complexity index is 239. The largest absolute Gasteiger partial charge is 0.201 e. The molecule has 1 heteroatoms. The zero-order valence-corrected chi connectivity index (χ0v) is 8.32. The summed E-state index contributed by atoms with van der Waals surface area (Å²) in [6, 6.07) is 6.15. The summed E-state index contributed by atoms with van der Waals surface area (Å²) < 4.78 is 2.17. The number of hydrogen-bond donors (Lipinski definition) is 0. The van der Waals surface area contributed by atoms with E-state index in [0.717, 1.165) is 6.54 Å². The fraction of sp³-hybridized carbons (Fsp3) is 0.417. The molecule has 1 heterocycles. The lowest BCUT2D eigenvalue weighted by Gasteiger charge is -1.90. The van der Waals surface area contributed by atoms with Crippen molar-refractivity contribution in [3.8, 4) is 0 Å². The lowest BCUT2D eigenvalue weighted by Crippen LogP contribution is -2.30. The van der Waals surface area contributed by atoms with E-state index in [-0.39, 0.29) is 0 Å². The third kappa shape index (κ3) is 4.46. The van der Waals surface area contributed by atoms with Crippen molar-refractivity contribution in [2.75, 3.05) is 0 Å². The Balaban J connectivity index is 2.23. The Morgan fingerprint density at radius 2 is 1.85 bits per heavy atom. The van der Waals surface area contributed by atoms with Crippen molar-refractivity contribution < 1.29 is 4.57 Å². The Morgan fingerprint density at radius 1 is 1.08 bits per heavy atom. The van der Waals surface area contributed by atoms with E-state index < -0.39 is 0 Å². The molecule has 0 amide bonds. The fourth-order valence-electron chi connectivity index (χ4n) is 1.19. The van der Waals surface area contributed by atoms with E-state index in [1.165, 1.54) is 19.3 Å². The molecule has 0 radical (unpaired) electrons. The first-order chi connectivity index (χ1) is 6.43. The van der Waals surface area contributed by atoms with E-state index in [9.17, 15) is 0 Å². The zero-order valence-electron chi connectivity index (χ0n) is 8.32. The van der Waals surface area contributed by atoms with Gasteiger partial charge in [0.1, 0.15) is 0 Å². The summed E-state index contributed by atoms with van der Waals surface area (Å²) in [5.41, 5.74) is 0. The number of aromatic nitrogens is 1. The maximum Gasteiger partial charge on any atom is 0.169 e. The van der Waals surface area contributed by atoms with E-state index >= 15 is 0 Å². The van der Waals surface area contributed by atoms with Crippen LogP contribution in [-0.4, -0.2) is 0 Å². The summed E-state index contributed by atoms with van der Waals surface area (Å²) in [6.07, 6.45) is 12.5. The molecule has 0 bridgehead atoms. The average molecular weight is 176 g/mol. The molecule has 70 valence electrons. The van der Waals surface area contributed by atoms with Gasteiger partial charge in [0.25, 0.3) is 0 Å². The lowest BCUT2D eigenvalue weighted by molar-refractivity contribution is -0.687. The van der Waals surface area contributed by atoms with Gasteiger partial charge in [-0.05, 0) is 12.5 Å². The number of unbranched alkanes of at least 4 members (excludes halogenated alkanes) is 2. The minimum absolute atomic E-state index is 0.991. The van der Waals surface area contributed by atoms with Crippen molar-refractivity contribution >= 4 is 0 Å². The van der Waals surface area contributed by atoms with Crippen LogP contribution in [0, 0.1) is 0 Å². The maximum atomic E-state index is 2.27. The summed E-state index contributed by atoms with van der Waals surface area (Å²) in [7, 11) is 0. The second kappa shape index (κ2) is 6.41. The molecular weight excluding hydrogens is 158 g/mol. The van der Waals surface area contributed by atoms with Crippen LogP contribution in [0.25, 0.3) is 0 Å². The smallest absolute Gasteiger partial charge is 0.169 e. The number of nitrogens with zero attached hydrogens (tertiary/aromatic N) is 1. The van der Waals surface area contributed by atoms with Crippen LogP contribution >= 0.6 is 0 Å². The number of pyridine rings is 1. The van der Waals surface area contributed by atoms with Gasteiger partial charge in [0.05, 0.1) is 0 Å². The SMILES string of the molecule is CCCCC=CC[n+]1ccccc1. The van der Waals surface area contributed by atoms with Crippen LogP contribution in [0.3, 0.4) is 0 Å². The molecule has 0 unspecified atom stereocenters. The van der Waals surface area contributed by atoms with Gasteiger partial charge in [-0.1, -0.05) is 31.9 Å². The van der Waals surface area contributed by atoms with Crippen molar-refractivity contribution in [2.24, 2.45) is 0 Å². The molecule has 13 heavy (non-hydrogen) atoms. The summed E-state index contributed by atoms with van der Waals surface area (Å²) in [4.78, 5) is 0. The van der Waals surface area contributed by atoms with Crippen molar-refractivity contribution in [3.63, 3.8) is 0 Å². The van der Waals surface area contributed by atoms with Crippen molar-refractivity contribution in [3.05, 3.63) is 42.7 Å². The molecule has 1 aromatic rings. The Hall–Kier alpha value is -1.11. The van der Waals surface area contributed by atoms with Crippen LogP contribution in [0.1, 0.15) is 26.2 Å². The Morgan fingerprint density at radius 3 is 2.54 bits per heavy atom. The van der Waals surface area contributed by atoms with E-state index in [4.69, 9.17) is 0 Å². The zero-order chi connectivity index (χ0) is 9.36. The molecule has 1 rings (SSSR count). The van der Waals surface area contributed by atoms with Crippen LogP contribution in [0.5, 0.6) is 0 Å². The average Bonchev–Trinajstić information content (AvgIpc) is 2.19. The van der Waals surface area contributed by atoms with Gasteiger partial charge in [0, 0.05) is 12.1 Å². The monoisotopic (exact) mass is 176 g/mol. The summed E-state index contributed by atoms with van der Waals surface area (Å²) >= 11 is 0. The molecule has 0 fully saturated rings. The number of rotatable bonds is 5. The lowest BCUT2D eigenvalue weighted by atomic mass is 10.2. The quantitative estimate of drug-likeness (QED) is 0.369. The fourth-order valence-corrected chi connectivity index (χ4v) is 1.19. The van der Waals surface area contributed by atoms with Gasteiger partial charge in [0.2, 0.25) is 0 Å². The van der Waals surface area contributed by atoms with Crippen molar-refractivity contribution in [1.29, 1.82) is 0 Å². The second-order valence-corrected chi connectivity index (χ2v) is 3.19. The molecule has 0 N–H and O–H groups in total. The van der Waals surface area contributed by atoms with Crippen LogP contribution in [0.2, 0.25) is 0 Å². The highest BCUT2D eigenvalue weighted by molar-refractivity contribution is 4.84. The molecule has 0 spiro atoms. The first-order valence-electron chi connectivity index (χ1n) is 5.02. The molecule has 0 aliphatic carbocycles. The Kier molecular flexibility index (Phi) is 4.92. The maximum absolute atomic E-state index is 2.27. The van der Waals surface area contributed by atoms with E-state index in [0.29, 0.717) is 0 Å². The van der Waals surface area contributed by atoms with Gasteiger partial charge in [-0.3, -0.25) is 0 Å². The van der Waals surface area contributed by atoms with Crippen LogP contribution in [0.4, 0.5) is 0 Å². The van der Waals surface area contributed by atoms with Gasteiger partial charge in [-0.15, -0.1) is 0 Å². The molecule has 1 nitrogen and oxygen atoms in total. The molecule has 1 aromatic heterocycles. The highest BCUT2D eigenvalue weighted by Crippen LogP contribution is 1.94. The molecule has 0 aliphatic heterocycles. The van der Waals surface area contributed by atoms with Crippen LogP contribution in [0.15, 0.2) is 42.7 Å². The van der Waals surface area contributed by atoms with E-state index in [1.807, 2.05) is 6.07 Å². The topological polar surface area (TPSA) is 3.88 Å². The standard InChI is InChI=1S/C12H18N/c1-2-3-4-5-7-10-13-11-8-6-9-12-13/h5-9,11-12H,2-4,10H2,1H3/q+1. The van der Waals surface area contributed by atoms with Gasteiger partial charge in [-0.25, -0.2) is 4.57 Å². The highest BCUT2D eigenvalue weighted by Gasteiger charge is 1.90. The molecule has 0 atom stereocenters. The number of hydrogen-bond acceptors (Lipinski definition) is 0. The molecule has 0 aromatic carbocycles. The van der Waals surface area contributed by atoms with Gasteiger partial charge >= 0.3 is 0 Å². The van der Waals surface area contributed by atoms with Crippen molar-refractivity contribution in [1.82, 2.24) is 0 Å². The predicted molar refractivity (Wildman–Crippen MR) is 55.3 cm³/mol. The van der Waals surface area contributed by atoms with Gasteiger partial charge in [-0.2, -0.15) is 0 Å². The summed E-state index contributed by atoms with van der Waals surface area (Å²) in [5.74, 6) is 0. The number of allylic oxidation sites excluding steroid dienone is 2. The van der Waals surface area contributed by atoms with Crippen LogP contribution in [-0.2, 0) is 6.54 Å². The predicted octanol–water partition coefficient (Wildman–Crippen LogP) is 2.72.